The summed E-state index contributed by atoms with van der Waals surface area (Å²) < 4.78 is 10.1. The molecule has 104 valence electrons. The van der Waals surface area contributed by atoms with Gasteiger partial charge in [-0.25, -0.2) is 0 Å². The van der Waals surface area contributed by atoms with Gasteiger partial charge in [0.05, 0.1) is 19.5 Å². The van der Waals surface area contributed by atoms with Crippen molar-refractivity contribution in [1.82, 2.24) is 0 Å². The number of carbonyl (C=O) groups excluding carboxylic acids is 2. The van der Waals surface area contributed by atoms with Gasteiger partial charge in [0.1, 0.15) is 5.75 Å². The molecule has 0 saturated heterocycles. The first kappa shape index (κ1) is 15.6. The van der Waals surface area contributed by atoms with Crippen molar-refractivity contribution in [3.63, 3.8) is 0 Å². The number of methoxy groups -OCH3 is 1. The minimum absolute atomic E-state index is 0.0132. The molecular formula is C14H18O4S. The molecular weight excluding hydrogens is 264 g/mol. The molecule has 1 aromatic carbocycles. The molecule has 0 bridgehead atoms. The van der Waals surface area contributed by atoms with Gasteiger partial charge in [0.15, 0.2) is 5.78 Å². The number of Topliss-reactive ketones (excluding diaryl/α,β-unsaturated/α-hetero) is 1. The van der Waals surface area contributed by atoms with Crippen LogP contribution in [0.2, 0.25) is 0 Å². The second-order valence-electron chi connectivity index (χ2n) is 3.88. The van der Waals surface area contributed by atoms with Crippen LogP contribution in [0.15, 0.2) is 18.2 Å². The second-order valence-corrected chi connectivity index (χ2v) is 4.87. The van der Waals surface area contributed by atoms with Crippen LogP contribution in [-0.2, 0) is 15.3 Å². The minimum Gasteiger partial charge on any atom is -0.496 e. The molecule has 0 aliphatic heterocycles. The molecule has 0 saturated carbocycles. The summed E-state index contributed by atoms with van der Waals surface area (Å²) in [6.07, 6.45) is 0. The molecule has 0 fully saturated rings. The fraction of sp³-hybridized carbons (Fsp3) is 0.429. The highest BCUT2D eigenvalue weighted by molar-refractivity contribution is 7.99. The molecule has 19 heavy (non-hydrogen) atoms. The molecule has 0 aliphatic rings. The Kier molecular flexibility index (Phi) is 6.42. The van der Waals surface area contributed by atoms with Gasteiger partial charge < -0.3 is 9.47 Å². The molecule has 0 unspecified atom stereocenters. The van der Waals surface area contributed by atoms with Crippen LogP contribution in [0.25, 0.3) is 0 Å². The first-order valence-corrected chi connectivity index (χ1v) is 7.15. The standard InChI is InChI=1S/C14H18O4S/c1-4-18-14(16)9-19-8-12-7-11(10(2)15)5-6-13(12)17-3/h5-7H,4,8-9H2,1-3H3. The lowest BCUT2D eigenvalue weighted by atomic mass is 10.1. The molecule has 5 heteroatoms. The van der Waals surface area contributed by atoms with Crippen molar-refractivity contribution < 1.29 is 19.1 Å². The van der Waals surface area contributed by atoms with Crippen molar-refractivity contribution in [2.75, 3.05) is 19.5 Å². The maximum Gasteiger partial charge on any atom is 0.315 e. The van der Waals surface area contributed by atoms with E-state index in [0.717, 1.165) is 11.3 Å². The third-order valence-corrected chi connectivity index (χ3v) is 3.42. The van der Waals surface area contributed by atoms with Gasteiger partial charge in [-0.3, -0.25) is 9.59 Å². The first-order valence-electron chi connectivity index (χ1n) is 5.99. The maximum absolute atomic E-state index is 11.3. The number of hydrogen-bond donors (Lipinski definition) is 0. The van der Waals surface area contributed by atoms with Crippen molar-refractivity contribution in [1.29, 1.82) is 0 Å². The fourth-order valence-corrected chi connectivity index (χ4v) is 2.35. The minimum atomic E-state index is -0.228. The Bertz CT molecular complexity index is 457. The highest BCUT2D eigenvalue weighted by Crippen LogP contribution is 2.24. The number of thioether (sulfide) groups is 1. The van der Waals surface area contributed by atoms with E-state index >= 15 is 0 Å². The quantitative estimate of drug-likeness (QED) is 0.568. The van der Waals surface area contributed by atoms with Crippen LogP contribution in [-0.4, -0.2) is 31.2 Å². The summed E-state index contributed by atoms with van der Waals surface area (Å²) in [4.78, 5) is 22.6. The Labute approximate surface area is 117 Å². The average molecular weight is 282 g/mol. The molecule has 0 heterocycles. The van der Waals surface area contributed by atoms with Gasteiger partial charge in [-0.1, -0.05) is 0 Å². The van der Waals surface area contributed by atoms with Gasteiger partial charge >= 0.3 is 5.97 Å². The van der Waals surface area contributed by atoms with E-state index in [2.05, 4.69) is 0 Å². The molecule has 0 atom stereocenters. The van der Waals surface area contributed by atoms with Gasteiger partial charge in [0.25, 0.3) is 0 Å². The van der Waals surface area contributed by atoms with E-state index in [4.69, 9.17) is 9.47 Å². The van der Waals surface area contributed by atoms with Crippen molar-refractivity contribution in [3.05, 3.63) is 29.3 Å². The summed E-state index contributed by atoms with van der Waals surface area (Å²) in [5.74, 6) is 1.40. The summed E-state index contributed by atoms with van der Waals surface area (Å²) in [7, 11) is 1.59. The van der Waals surface area contributed by atoms with Gasteiger partial charge in [0.2, 0.25) is 0 Å². The normalized spacial score (nSPS) is 10.1. The number of ketones is 1. The molecule has 0 amide bonds. The highest BCUT2D eigenvalue weighted by atomic mass is 32.2. The van der Waals surface area contributed by atoms with Crippen molar-refractivity contribution >= 4 is 23.5 Å². The smallest absolute Gasteiger partial charge is 0.315 e. The predicted octanol–water partition coefficient (Wildman–Crippen LogP) is 2.69. The molecule has 0 radical (unpaired) electrons. The number of benzene rings is 1. The lowest BCUT2D eigenvalue weighted by Crippen LogP contribution is -2.07. The third-order valence-electron chi connectivity index (χ3n) is 2.47. The van der Waals surface area contributed by atoms with Crippen LogP contribution < -0.4 is 4.74 Å². The van der Waals surface area contributed by atoms with Gasteiger partial charge in [-0.05, 0) is 32.0 Å². The zero-order valence-electron chi connectivity index (χ0n) is 11.4. The molecule has 0 aromatic heterocycles. The van der Waals surface area contributed by atoms with E-state index in [1.54, 1.807) is 32.2 Å². The highest BCUT2D eigenvalue weighted by Gasteiger charge is 2.09. The predicted molar refractivity (Wildman–Crippen MR) is 75.8 cm³/mol. The number of ether oxygens (including phenoxy) is 2. The van der Waals surface area contributed by atoms with Gasteiger partial charge in [0, 0.05) is 16.9 Å². The lowest BCUT2D eigenvalue weighted by Gasteiger charge is -2.09. The Balaban J connectivity index is 2.67. The van der Waals surface area contributed by atoms with E-state index in [0.29, 0.717) is 23.7 Å². The first-order chi connectivity index (χ1) is 9.08. The molecule has 0 aliphatic carbocycles. The van der Waals surface area contributed by atoms with Crippen molar-refractivity contribution in [2.24, 2.45) is 0 Å². The van der Waals surface area contributed by atoms with Crippen LogP contribution in [0.3, 0.4) is 0 Å². The summed E-state index contributed by atoms with van der Waals surface area (Å²) in [6.45, 7) is 3.70. The molecule has 1 rings (SSSR count). The Morgan fingerprint density at radius 1 is 1.32 bits per heavy atom. The number of hydrogen-bond acceptors (Lipinski definition) is 5. The molecule has 4 nitrogen and oxygen atoms in total. The molecule has 0 N–H and O–H groups in total. The molecule has 1 aromatic rings. The fourth-order valence-electron chi connectivity index (χ4n) is 1.56. The Morgan fingerprint density at radius 3 is 2.63 bits per heavy atom. The van der Waals surface area contributed by atoms with Crippen LogP contribution in [0.5, 0.6) is 5.75 Å². The van der Waals surface area contributed by atoms with Crippen molar-refractivity contribution in [2.45, 2.75) is 19.6 Å². The lowest BCUT2D eigenvalue weighted by molar-refractivity contribution is -0.139. The van der Waals surface area contributed by atoms with E-state index in [1.165, 1.54) is 18.7 Å². The van der Waals surface area contributed by atoms with E-state index in [-0.39, 0.29) is 11.8 Å². The van der Waals surface area contributed by atoms with Crippen molar-refractivity contribution in [3.8, 4) is 5.75 Å². The van der Waals surface area contributed by atoms with Gasteiger partial charge in [-0.15, -0.1) is 11.8 Å². The van der Waals surface area contributed by atoms with Gasteiger partial charge in [-0.2, -0.15) is 0 Å². The largest absolute Gasteiger partial charge is 0.496 e. The van der Waals surface area contributed by atoms with E-state index in [9.17, 15) is 9.59 Å². The Morgan fingerprint density at radius 2 is 2.05 bits per heavy atom. The SMILES string of the molecule is CCOC(=O)CSCc1cc(C(C)=O)ccc1OC. The summed E-state index contributed by atoms with van der Waals surface area (Å²) >= 11 is 1.44. The second kappa shape index (κ2) is 7.84. The Hall–Kier alpha value is -1.49. The number of carbonyl (C=O) groups is 2. The van der Waals surface area contributed by atoms with E-state index < -0.39 is 0 Å². The number of rotatable bonds is 7. The number of esters is 1. The third kappa shape index (κ3) is 4.95. The van der Waals surface area contributed by atoms with Crippen LogP contribution >= 0.6 is 11.8 Å². The van der Waals surface area contributed by atoms with Crippen LogP contribution in [0.4, 0.5) is 0 Å². The monoisotopic (exact) mass is 282 g/mol. The summed E-state index contributed by atoms with van der Waals surface area (Å²) in [6, 6.07) is 5.32. The van der Waals surface area contributed by atoms with Crippen LogP contribution in [0, 0.1) is 0 Å². The zero-order chi connectivity index (χ0) is 14.3. The maximum atomic E-state index is 11.3. The topological polar surface area (TPSA) is 52.6 Å². The molecule has 0 spiro atoms. The van der Waals surface area contributed by atoms with E-state index in [1.807, 2.05) is 0 Å². The average Bonchev–Trinajstić information content (AvgIpc) is 2.38. The summed E-state index contributed by atoms with van der Waals surface area (Å²) in [5, 5.41) is 0. The van der Waals surface area contributed by atoms with Crippen LogP contribution in [0.1, 0.15) is 29.8 Å². The summed E-state index contributed by atoms with van der Waals surface area (Å²) in [5.41, 5.74) is 1.55. The zero-order valence-corrected chi connectivity index (χ0v) is 12.2.